The quantitative estimate of drug-likeness (QED) is 0.537. The average Bonchev–Trinajstić information content (AvgIpc) is 2.09. The van der Waals surface area contributed by atoms with E-state index in [-0.39, 0.29) is 10.1 Å². The van der Waals surface area contributed by atoms with Crippen LogP contribution in [0.5, 0.6) is 0 Å². The number of alkyl halides is 1. The lowest BCUT2D eigenvalue weighted by Gasteiger charge is -2.31. The van der Waals surface area contributed by atoms with Crippen molar-refractivity contribution in [3.05, 3.63) is 0 Å². The summed E-state index contributed by atoms with van der Waals surface area (Å²) in [6, 6.07) is 0. The van der Waals surface area contributed by atoms with Crippen molar-refractivity contribution in [2.45, 2.75) is 54.9 Å². The maximum Gasteiger partial charge on any atom is 0.135 e. The Morgan fingerprint density at radius 1 is 1.38 bits per heavy atom. The molecule has 2 unspecified atom stereocenters. The van der Waals surface area contributed by atoms with Crippen LogP contribution in [0.15, 0.2) is 0 Å². The highest BCUT2D eigenvalue weighted by molar-refractivity contribution is 8.02. The van der Waals surface area contributed by atoms with Gasteiger partial charge >= 0.3 is 0 Å². The zero-order valence-electron chi connectivity index (χ0n) is 8.25. The van der Waals surface area contributed by atoms with Gasteiger partial charge in [-0.2, -0.15) is 0 Å². The molecule has 1 fully saturated rings. The highest BCUT2D eigenvalue weighted by atomic mass is 35.5. The van der Waals surface area contributed by atoms with Crippen LogP contribution in [-0.4, -0.2) is 21.7 Å². The first-order valence-electron chi connectivity index (χ1n) is 4.83. The Bertz CT molecular complexity index is 182. The number of hydrogen-bond acceptors (Lipinski definition) is 2. The van der Waals surface area contributed by atoms with Crippen LogP contribution in [0.25, 0.3) is 0 Å². The summed E-state index contributed by atoms with van der Waals surface area (Å²) in [4.78, 5) is 10.7. The summed E-state index contributed by atoms with van der Waals surface area (Å²) in [5.74, 6) is 0. The van der Waals surface area contributed by atoms with Gasteiger partial charge in [0.1, 0.15) is 6.29 Å². The lowest BCUT2D eigenvalue weighted by molar-refractivity contribution is -0.109. The molecular formula is C10H17ClOS. The second-order valence-electron chi connectivity index (χ2n) is 4.18. The number of aldehydes is 1. The lowest BCUT2D eigenvalue weighted by atomic mass is 10.00. The Hall–Kier alpha value is 0.310. The number of thioether (sulfide) groups is 1. The number of rotatable bonds is 3. The third-order valence-corrected chi connectivity index (χ3v) is 4.60. The molecule has 0 saturated heterocycles. The van der Waals surface area contributed by atoms with Crippen LogP contribution in [0.2, 0.25) is 0 Å². The normalized spacial score (nSPS) is 30.1. The Morgan fingerprint density at radius 3 is 2.54 bits per heavy atom. The van der Waals surface area contributed by atoms with Crippen LogP contribution in [-0.2, 0) is 4.79 Å². The smallest absolute Gasteiger partial charge is 0.135 e. The second kappa shape index (κ2) is 4.70. The Labute approximate surface area is 89.6 Å². The second-order valence-corrected chi connectivity index (χ2v) is 6.63. The SMILES string of the molecule is CC(C)(C=O)SC1CCCCC1Cl. The molecule has 0 aromatic rings. The largest absolute Gasteiger partial charge is 0.302 e. The molecule has 1 aliphatic rings. The molecule has 2 atom stereocenters. The van der Waals surface area contributed by atoms with Crippen LogP contribution in [0.4, 0.5) is 0 Å². The Morgan fingerprint density at radius 2 is 2.00 bits per heavy atom. The molecule has 0 spiro atoms. The summed E-state index contributed by atoms with van der Waals surface area (Å²) in [5.41, 5.74) is 0. The maximum absolute atomic E-state index is 10.7. The van der Waals surface area contributed by atoms with Crippen LogP contribution >= 0.6 is 23.4 Å². The molecule has 0 N–H and O–H groups in total. The molecule has 1 rings (SSSR count). The van der Waals surface area contributed by atoms with E-state index >= 15 is 0 Å². The molecular weight excluding hydrogens is 204 g/mol. The summed E-state index contributed by atoms with van der Waals surface area (Å²) in [6.07, 6.45) is 5.79. The Kier molecular flexibility index (Phi) is 4.11. The van der Waals surface area contributed by atoms with Gasteiger partial charge in [0, 0.05) is 10.6 Å². The van der Waals surface area contributed by atoms with E-state index in [9.17, 15) is 4.79 Å². The zero-order chi connectivity index (χ0) is 9.90. The molecule has 0 bridgehead atoms. The number of halogens is 1. The van der Waals surface area contributed by atoms with Gasteiger partial charge in [-0.1, -0.05) is 12.8 Å². The molecule has 0 heterocycles. The van der Waals surface area contributed by atoms with E-state index in [4.69, 9.17) is 11.6 Å². The number of carbonyl (C=O) groups is 1. The fraction of sp³-hybridized carbons (Fsp3) is 0.900. The van der Waals surface area contributed by atoms with Crippen molar-refractivity contribution in [2.75, 3.05) is 0 Å². The van der Waals surface area contributed by atoms with Crippen LogP contribution in [0.3, 0.4) is 0 Å². The zero-order valence-corrected chi connectivity index (χ0v) is 9.83. The van der Waals surface area contributed by atoms with E-state index in [2.05, 4.69) is 0 Å². The van der Waals surface area contributed by atoms with Gasteiger partial charge in [-0.25, -0.2) is 0 Å². The number of hydrogen-bond donors (Lipinski definition) is 0. The molecule has 0 radical (unpaired) electrons. The third kappa shape index (κ3) is 3.51. The van der Waals surface area contributed by atoms with Crippen molar-refractivity contribution in [3.8, 4) is 0 Å². The predicted molar refractivity (Wildman–Crippen MR) is 59.6 cm³/mol. The first-order valence-corrected chi connectivity index (χ1v) is 6.15. The van der Waals surface area contributed by atoms with Crippen LogP contribution in [0, 0.1) is 0 Å². The highest BCUT2D eigenvalue weighted by Crippen LogP contribution is 2.38. The molecule has 1 saturated carbocycles. The van der Waals surface area contributed by atoms with Crippen molar-refractivity contribution >= 4 is 29.6 Å². The fourth-order valence-corrected chi connectivity index (χ4v) is 3.44. The van der Waals surface area contributed by atoms with Crippen molar-refractivity contribution in [3.63, 3.8) is 0 Å². The van der Waals surface area contributed by atoms with Gasteiger partial charge in [0.05, 0.1) is 4.75 Å². The van der Waals surface area contributed by atoms with E-state index in [1.807, 2.05) is 13.8 Å². The topological polar surface area (TPSA) is 17.1 Å². The van der Waals surface area contributed by atoms with Crippen molar-refractivity contribution in [1.29, 1.82) is 0 Å². The van der Waals surface area contributed by atoms with Gasteiger partial charge in [-0.15, -0.1) is 23.4 Å². The summed E-state index contributed by atoms with van der Waals surface area (Å²) in [7, 11) is 0. The summed E-state index contributed by atoms with van der Waals surface area (Å²) < 4.78 is -0.269. The first kappa shape index (κ1) is 11.4. The summed E-state index contributed by atoms with van der Waals surface area (Å²) in [5, 5.41) is 0.730. The lowest BCUT2D eigenvalue weighted by Crippen LogP contribution is -2.29. The van der Waals surface area contributed by atoms with E-state index in [1.165, 1.54) is 12.8 Å². The van der Waals surface area contributed by atoms with E-state index in [1.54, 1.807) is 11.8 Å². The summed E-state index contributed by atoms with van der Waals surface area (Å²) in [6.45, 7) is 3.92. The molecule has 1 aliphatic carbocycles. The summed E-state index contributed by atoms with van der Waals surface area (Å²) >= 11 is 7.94. The van der Waals surface area contributed by atoms with E-state index < -0.39 is 0 Å². The minimum absolute atomic E-state index is 0.262. The van der Waals surface area contributed by atoms with E-state index in [0.29, 0.717) is 5.25 Å². The molecule has 1 nitrogen and oxygen atoms in total. The number of carbonyl (C=O) groups excluding carboxylic acids is 1. The van der Waals surface area contributed by atoms with Gasteiger partial charge in [0.25, 0.3) is 0 Å². The van der Waals surface area contributed by atoms with Gasteiger partial charge in [0.15, 0.2) is 0 Å². The predicted octanol–water partition coefficient (Wildman–Crippen LogP) is 3.25. The molecule has 0 aromatic carbocycles. The van der Waals surface area contributed by atoms with Gasteiger partial charge < -0.3 is 4.79 Å². The molecule has 0 aliphatic heterocycles. The van der Waals surface area contributed by atoms with Crippen molar-refractivity contribution in [2.24, 2.45) is 0 Å². The van der Waals surface area contributed by atoms with E-state index in [0.717, 1.165) is 19.1 Å². The molecule has 13 heavy (non-hydrogen) atoms. The molecule has 3 heteroatoms. The van der Waals surface area contributed by atoms with Gasteiger partial charge in [-0.05, 0) is 26.7 Å². The molecule has 0 amide bonds. The molecule has 0 aromatic heterocycles. The van der Waals surface area contributed by atoms with Crippen LogP contribution < -0.4 is 0 Å². The minimum atomic E-state index is -0.269. The van der Waals surface area contributed by atoms with Gasteiger partial charge in [-0.3, -0.25) is 0 Å². The monoisotopic (exact) mass is 220 g/mol. The fourth-order valence-electron chi connectivity index (χ4n) is 1.60. The van der Waals surface area contributed by atoms with Gasteiger partial charge in [0.2, 0.25) is 0 Å². The molecule has 76 valence electrons. The first-order chi connectivity index (χ1) is 6.05. The maximum atomic E-state index is 10.7. The third-order valence-electron chi connectivity index (χ3n) is 2.36. The average molecular weight is 221 g/mol. The standard InChI is InChI=1S/C10H17ClOS/c1-10(2,7-12)13-9-6-4-3-5-8(9)11/h7-9H,3-6H2,1-2H3. The van der Waals surface area contributed by atoms with Crippen molar-refractivity contribution < 1.29 is 4.79 Å². The minimum Gasteiger partial charge on any atom is -0.302 e. The van der Waals surface area contributed by atoms with Crippen LogP contribution in [0.1, 0.15) is 39.5 Å². The highest BCUT2D eigenvalue weighted by Gasteiger charge is 2.29. The Balaban J connectivity index is 2.46. The van der Waals surface area contributed by atoms with Crippen molar-refractivity contribution in [1.82, 2.24) is 0 Å².